The van der Waals surface area contributed by atoms with Crippen molar-refractivity contribution in [2.75, 3.05) is 11.9 Å². The minimum absolute atomic E-state index is 0.0132. The molecule has 30 heavy (non-hydrogen) atoms. The number of aromatic nitrogens is 3. The molecule has 1 saturated heterocycles. The first-order valence-electron chi connectivity index (χ1n) is 10.2. The second-order valence-electron chi connectivity index (χ2n) is 7.30. The maximum atomic E-state index is 12.9. The molecule has 6 nitrogen and oxygen atoms in total. The number of anilines is 2. The highest BCUT2D eigenvalue weighted by molar-refractivity contribution is 7.15. The van der Waals surface area contributed by atoms with Crippen LogP contribution in [0, 0.1) is 0 Å². The molecule has 0 radical (unpaired) electrons. The first kappa shape index (κ1) is 20.8. The van der Waals surface area contributed by atoms with Crippen LogP contribution in [0.4, 0.5) is 10.9 Å². The Balaban J connectivity index is 1.43. The molecule has 156 valence electrons. The van der Waals surface area contributed by atoms with Crippen molar-refractivity contribution in [1.29, 1.82) is 0 Å². The minimum atomic E-state index is 0.0132. The number of aryl methyl sites for hydroxylation is 2. The Labute approximate surface area is 185 Å². The van der Waals surface area contributed by atoms with Gasteiger partial charge < -0.3 is 10.2 Å². The van der Waals surface area contributed by atoms with E-state index in [0.717, 1.165) is 53.0 Å². The zero-order valence-electron chi connectivity index (χ0n) is 16.8. The zero-order valence-corrected chi connectivity index (χ0v) is 18.4. The van der Waals surface area contributed by atoms with Crippen LogP contribution in [-0.4, -0.2) is 32.5 Å². The molecule has 4 rings (SSSR count). The molecule has 1 aromatic carbocycles. The Morgan fingerprint density at radius 3 is 2.93 bits per heavy atom. The van der Waals surface area contributed by atoms with E-state index in [1.807, 2.05) is 47.4 Å². The molecule has 0 bridgehead atoms. The fourth-order valence-corrected chi connectivity index (χ4v) is 4.62. The molecular weight excluding hydrogens is 418 g/mol. The largest absolute Gasteiger partial charge is 0.334 e. The summed E-state index contributed by atoms with van der Waals surface area (Å²) >= 11 is 7.59. The number of pyridine rings is 1. The lowest BCUT2D eigenvalue weighted by atomic mass is 10.1. The molecular formula is C22H24ClN5OS. The SMILES string of the molecule is CCc1nnc(Nc2cccc(C3CCCN3C(=O)CCc3cccc(Cl)c3)n2)s1. The number of amides is 1. The fourth-order valence-electron chi connectivity index (χ4n) is 3.72. The van der Waals surface area contributed by atoms with E-state index in [9.17, 15) is 4.79 Å². The number of benzene rings is 1. The third-order valence-electron chi connectivity index (χ3n) is 5.21. The maximum Gasteiger partial charge on any atom is 0.223 e. The summed E-state index contributed by atoms with van der Waals surface area (Å²) in [6.45, 7) is 2.83. The van der Waals surface area contributed by atoms with E-state index >= 15 is 0 Å². The standard InChI is InChI=1S/C22H24ClN5OS/c1-2-20-26-27-22(30-20)25-19-10-4-8-17(24-19)18-9-5-13-28(18)21(29)12-11-15-6-3-7-16(23)14-15/h3-4,6-8,10,14,18H,2,5,9,11-13H2,1H3,(H,24,25,27). The topological polar surface area (TPSA) is 71.0 Å². The van der Waals surface area contributed by atoms with E-state index in [-0.39, 0.29) is 11.9 Å². The summed E-state index contributed by atoms with van der Waals surface area (Å²) in [5.74, 6) is 0.888. The fraction of sp³-hybridized carbons (Fsp3) is 0.364. The lowest BCUT2D eigenvalue weighted by Crippen LogP contribution is -2.31. The van der Waals surface area contributed by atoms with Crippen molar-refractivity contribution in [3.8, 4) is 0 Å². The van der Waals surface area contributed by atoms with Gasteiger partial charge in [0.25, 0.3) is 0 Å². The highest BCUT2D eigenvalue weighted by atomic mass is 35.5. The summed E-state index contributed by atoms with van der Waals surface area (Å²) in [6, 6.07) is 13.6. The smallest absolute Gasteiger partial charge is 0.223 e. The average Bonchev–Trinajstić information content (AvgIpc) is 3.42. The lowest BCUT2D eigenvalue weighted by Gasteiger charge is -2.25. The summed E-state index contributed by atoms with van der Waals surface area (Å²) in [7, 11) is 0. The van der Waals surface area contributed by atoms with Crippen LogP contribution in [-0.2, 0) is 17.6 Å². The molecule has 3 aromatic rings. The molecule has 1 unspecified atom stereocenters. The number of likely N-dealkylation sites (tertiary alicyclic amines) is 1. The molecule has 1 aliphatic heterocycles. The van der Waals surface area contributed by atoms with E-state index < -0.39 is 0 Å². The van der Waals surface area contributed by atoms with Crippen LogP contribution < -0.4 is 5.32 Å². The summed E-state index contributed by atoms with van der Waals surface area (Å²) in [5.41, 5.74) is 1.99. The number of hydrogen-bond donors (Lipinski definition) is 1. The molecule has 1 fully saturated rings. The monoisotopic (exact) mass is 441 g/mol. The first-order valence-corrected chi connectivity index (χ1v) is 11.4. The second-order valence-corrected chi connectivity index (χ2v) is 8.80. The normalized spacial score (nSPS) is 16.1. The van der Waals surface area contributed by atoms with Gasteiger partial charge in [0.2, 0.25) is 11.0 Å². The summed E-state index contributed by atoms with van der Waals surface area (Å²) in [5, 5.41) is 13.9. The molecule has 1 atom stereocenters. The molecule has 0 spiro atoms. The summed E-state index contributed by atoms with van der Waals surface area (Å²) < 4.78 is 0. The van der Waals surface area contributed by atoms with Crippen molar-refractivity contribution in [3.05, 3.63) is 63.8 Å². The second kappa shape index (κ2) is 9.53. The number of halogens is 1. The van der Waals surface area contributed by atoms with Crippen LogP contribution in [0.25, 0.3) is 0 Å². The van der Waals surface area contributed by atoms with Gasteiger partial charge in [0.1, 0.15) is 10.8 Å². The number of nitrogens with zero attached hydrogens (tertiary/aromatic N) is 4. The van der Waals surface area contributed by atoms with Gasteiger partial charge in [-0.3, -0.25) is 4.79 Å². The third-order valence-corrected chi connectivity index (χ3v) is 6.42. The molecule has 0 saturated carbocycles. The molecule has 1 amide bonds. The van der Waals surface area contributed by atoms with Crippen LogP contribution in [0.15, 0.2) is 42.5 Å². The Bertz CT molecular complexity index is 1020. The van der Waals surface area contributed by atoms with Gasteiger partial charge in [0.05, 0.1) is 11.7 Å². The Kier molecular flexibility index (Phi) is 6.59. The average molecular weight is 442 g/mol. The lowest BCUT2D eigenvalue weighted by molar-refractivity contribution is -0.132. The van der Waals surface area contributed by atoms with Gasteiger partial charge in [0, 0.05) is 18.0 Å². The van der Waals surface area contributed by atoms with Crippen molar-refractivity contribution in [3.63, 3.8) is 0 Å². The molecule has 2 aromatic heterocycles. The van der Waals surface area contributed by atoms with E-state index in [4.69, 9.17) is 16.6 Å². The van der Waals surface area contributed by atoms with Gasteiger partial charge >= 0.3 is 0 Å². The Morgan fingerprint density at radius 2 is 2.13 bits per heavy atom. The highest BCUT2D eigenvalue weighted by Gasteiger charge is 2.30. The minimum Gasteiger partial charge on any atom is -0.334 e. The van der Waals surface area contributed by atoms with Gasteiger partial charge in [-0.1, -0.05) is 48.1 Å². The van der Waals surface area contributed by atoms with Gasteiger partial charge in [-0.05, 0) is 55.5 Å². The molecule has 8 heteroatoms. The number of rotatable bonds is 7. The highest BCUT2D eigenvalue weighted by Crippen LogP contribution is 2.32. The summed E-state index contributed by atoms with van der Waals surface area (Å²) in [6.07, 6.45) is 3.94. The molecule has 0 aliphatic carbocycles. The van der Waals surface area contributed by atoms with Gasteiger partial charge in [-0.2, -0.15) is 0 Å². The van der Waals surface area contributed by atoms with E-state index in [1.54, 1.807) is 0 Å². The first-order chi connectivity index (χ1) is 14.6. The van der Waals surface area contributed by atoms with Crippen LogP contribution in [0.3, 0.4) is 0 Å². The van der Waals surface area contributed by atoms with Crippen molar-refractivity contribution in [2.45, 2.75) is 45.1 Å². The van der Waals surface area contributed by atoms with Gasteiger partial charge in [0.15, 0.2) is 0 Å². The van der Waals surface area contributed by atoms with Crippen molar-refractivity contribution < 1.29 is 4.79 Å². The number of hydrogen-bond acceptors (Lipinski definition) is 6. The van der Waals surface area contributed by atoms with Crippen molar-refractivity contribution >= 4 is 39.8 Å². The van der Waals surface area contributed by atoms with Crippen molar-refractivity contribution in [2.24, 2.45) is 0 Å². The van der Waals surface area contributed by atoms with Gasteiger partial charge in [-0.25, -0.2) is 4.98 Å². The quantitative estimate of drug-likeness (QED) is 0.546. The predicted molar refractivity (Wildman–Crippen MR) is 120 cm³/mol. The number of nitrogens with one attached hydrogen (secondary N) is 1. The third kappa shape index (κ3) is 4.96. The zero-order chi connectivity index (χ0) is 20.9. The van der Waals surface area contributed by atoms with Crippen LogP contribution in [0.1, 0.15) is 48.5 Å². The maximum absolute atomic E-state index is 12.9. The van der Waals surface area contributed by atoms with E-state index in [0.29, 0.717) is 17.9 Å². The molecule has 3 heterocycles. The predicted octanol–water partition coefficient (Wildman–Crippen LogP) is 5.19. The van der Waals surface area contributed by atoms with E-state index in [1.165, 1.54) is 11.3 Å². The van der Waals surface area contributed by atoms with Gasteiger partial charge in [-0.15, -0.1) is 10.2 Å². The van der Waals surface area contributed by atoms with Crippen LogP contribution >= 0.6 is 22.9 Å². The van der Waals surface area contributed by atoms with Crippen molar-refractivity contribution in [1.82, 2.24) is 20.1 Å². The Morgan fingerprint density at radius 1 is 1.27 bits per heavy atom. The number of carbonyl (C=O) groups is 1. The molecule has 1 aliphatic rings. The summed E-state index contributed by atoms with van der Waals surface area (Å²) in [4.78, 5) is 19.7. The van der Waals surface area contributed by atoms with Crippen LogP contribution in [0.5, 0.6) is 0 Å². The number of carbonyl (C=O) groups excluding carboxylic acids is 1. The van der Waals surface area contributed by atoms with Crippen LogP contribution in [0.2, 0.25) is 5.02 Å². The van der Waals surface area contributed by atoms with E-state index in [2.05, 4.69) is 22.4 Å². The Hall–Kier alpha value is -2.51. The molecule has 1 N–H and O–H groups in total.